The number of nitrogens with zero attached hydrogens (tertiary/aromatic N) is 5. The van der Waals surface area contributed by atoms with Crippen LogP contribution in [0.25, 0.3) is 5.69 Å². The van der Waals surface area contributed by atoms with Crippen LogP contribution in [0.3, 0.4) is 0 Å². The van der Waals surface area contributed by atoms with Crippen molar-refractivity contribution in [1.82, 2.24) is 24.6 Å². The zero-order valence-electron chi connectivity index (χ0n) is 15.6. The molecule has 140 valence electrons. The number of benzene rings is 1. The molecule has 0 radical (unpaired) electrons. The monoisotopic (exact) mass is 365 g/mol. The van der Waals surface area contributed by atoms with E-state index in [2.05, 4.69) is 15.1 Å². The molecule has 2 aromatic heterocycles. The van der Waals surface area contributed by atoms with Gasteiger partial charge in [-0.2, -0.15) is 4.98 Å². The molecular formula is C20H23N5O2. The molecule has 1 fully saturated rings. The number of imidazole rings is 1. The molecule has 1 aromatic carbocycles. The predicted molar refractivity (Wildman–Crippen MR) is 99.8 cm³/mol. The van der Waals surface area contributed by atoms with Gasteiger partial charge in [0.15, 0.2) is 5.82 Å². The Bertz CT molecular complexity index is 891. The van der Waals surface area contributed by atoms with E-state index >= 15 is 0 Å². The standard InChI is InChI=1S/C20H23N5O2/c1-14(2)18-22-19(27-23-18)15-7-10-24(11-8-15)20(26)16-3-5-17(6-4-16)25-12-9-21-13-25/h3-6,9,12-15H,7-8,10-11H2,1-2H3. The Kier molecular flexibility index (Phi) is 4.75. The molecule has 0 atom stereocenters. The van der Waals surface area contributed by atoms with E-state index in [0.717, 1.165) is 24.4 Å². The van der Waals surface area contributed by atoms with Gasteiger partial charge in [-0.1, -0.05) is 19.0 Å². The van der Waals surface area contributed by atoms with E-state index in [4.69, 9.17) is 4.52 Å². The van der Waals surface area contributed by atoms with Crippen molar-refractivity contribution in [3.63, 3.8) is 0 Å². The minimum atomic E-state index is 0.0685. The van der Waals surface area contributed by atoms with Gasteiger partial charge in [-0.3, -0.25) is 4.79 Å². The molecule has 1 amide bonds. The zero-order chi connectivity index (χ0) is 18.8. The van der Waals surface area contributed by atoms with Crippen molar-refractivity contribution >= 4 is 5.91 Å². The number of amides is 1. The number of aromatic nitrogens is 4. The van der Waals surface area contributed by atoms with E-state index in [0.29, 0.717) is 24.5 Å². The highest BCUT2D eigenvalue weighted by atomic mass is 16.5. The van der Waals surface area contributed by atoms with Crippen LogP contribution < -0.4 is 0 Å². The predicted octanol–water partition coefficient (Wildman–Crippen LogP) is 3.40. The lowest BCUT2D eigenvalue weighted by Gasteiger charge is -2.30. The first-order valence-electron chi connectivity index (χ1n) is 9.33. The van der Waals surface area contributed by atoms with Crippen molar-refractivity contribution in [2.24, 2.45) is 0 Å². The van der Waals surface area contributed by atoms with Crippen molar-refractivity contribution in [2.45, 2.75) is 38.5 Å². The average molecular weight is 365 g/mol. The number of piperidine rings is 1. The largest absolute Gasteiger partial charge is 0.339 e. The fourth-order valence-electron chi connectivity index (χ4n) is 3.35. The molecule has 0 saturated carbocycles. The van der Waals surface area contributed by atoms with Gasteiger partial charge in [0.1, 0.15) is 0 Å². The van der Waals surface area contributed by atoms with Crippen LogP contribution in [0.15, 0.2) is 47.5 Å². The van der Waals surface area contributed by atoms with Gasteiger partial charge in [-0.25, -0.2) is 4.98 Å². The van der Waals surface area contributed by atoms with Gasteiger partial charge in [-0.05, 0) is 37.1 Å². The van der Waals surface area contributed by atoms with Crippen molar-refractivity contribution < 1.29 is 9.32 Å². The lowest BCUT2D eigenvalue weighted by atomic mass is 9.96. The second-order valence-corrected chi connectivity index (χ2v) is 7.23. The van der Waals surface area contributed by atoms with Crippen LogP contribution in [0.4, 0.5) is 0 Å². The van der Waals surface area contributed by atoms with Crippen molar-refractivity contribution in [3.05, 3.63) is 60.3 Å². The highest BCUT2D eigenvalue weighted by Crippen LogP contribution is 2.28. The van der Waals surface area contributed by atoms with Gasteiger partial charge < -0.3 is 14.0 Å². The summed E-state index contributed by atoms with van der Waals surface area (Å²) in [6, 6.07) is 7.62. The van der Waals surface area contributed by atoms with Crippen LogP contribution in [0.1, 0.15) is 60.6 Å². The number of hydrogen-bond donors (Lipinski definition) is 0. The molecule has 3 aromatic rings. The summed E-state index contributed by atoms with van der Waals surface area (Å²) in [5.74, 6) is 2.02. The maximum Gasteiger partial charge on any atom is 0.253 e. The van der Waals surface area contributed by atoms with Crippen LogP contribution in [-0.4, -0.2) is 43.6 Å². The van der Waals surface area contributed by atoms with E-state index in [9.17, 15) is 4.79 Å². The quantitative estimate of drug-likeness (QED) is 0.708. The van der Waals surface area contributed by atoms with Gasteiger partial charge in [0.2, 0.25) is 5.89 Å². The van der Waals surface area contributed by atoms with Gasteiger partial charge in [0.25, 0.3) is 5.91 Å². The third kappa shape index (κ3) is 3.63. The first kappa shape index (κ1) is 17.5. The molecule has 7 nitrogen and oxygen atoms in total. The summed E-state index contributed by atoms with van der Waals surface area (Å²) in [5.41, 5.74) is 1.69. The minimum Gasteiger partial charge on any atom is -0.339 e. The molecule has 0 bridgehead atoms. The number of rotatable bonds is 4. The molecule has 3 heterocycles. The fraction of sp³-hybridized carbons (Fsp3) is 0.400. The molecule has 0 unspecified atom stereocenters. The fourth-order valence-corrected chi connectivity index (χ4v) is 3.35. The van der Waals surface area contributed by atoms with Crippen LogP contribution >= 0.6 is 0 Å². The van der Waals surface area contributed by atoms with E-state index in [1.165, 1.54) is 0 Å². The van der Waals surface area contributed by atoms with E-state index in [1.54, 1.807) is 12.5 Å². The van der Waals surface area contributed by atoms with Crippen LogP contribution in [0, 0.1) is 0 Å². The van der Waals surface area contributed by atoms with Crippen molar-refractivity contribution in [3.8, 4) is 5.69 Å². The molecule has 0 spiro atoms. The Labute approximate surface area is 158 Å². The molecule has 1 aliphatic heterocycles. The highest BCUT2D eigenvalue weighted by Gasteiger charge is 2.28. The number of carbonyl (C=O) groups excluding carboxylic acids is 1. The van der Waals surface area contributed by atoms with Crippen molar-refractivity contribution in [1.29, 1.82) is 0 Å². The SMILES string of the molecule is CC(C)c1noc(C2CCN(C(=O)c3ccc(-n4ccnc4)cc3)CC2)n1. The van der Waals surface area contributed by atoms with Gasteiger partial charge in [0.05, 0.1) is 6.33 Å². The molecule has 1 aliphatic rings. The molecule has 4 rings (SSSR count). The molecule has 0 N–H and O–H groups in total. The number of carbonyl (C=O) groups is 1. The molecule has 1 saturated heterocycles. The third-order valence-electron chi connectivity index (χ3n) is 5.02. The van der Waals surface area contributed by atoms with Gasteiger partial charge >= 0.3 is 0 Å². The lowest BCUT2D eigenvalue weighted by molar-refractivity contribution is 0.0704. The second kappa shape index (κ2) is 7.34. The zero-order valence-corrected chi connectivity index (χ0v) is 15.6. The Hall–Kier alpha value is -2.96. The molecule has 0 aliphatic carbocycles. The molecule has 27 heavy (non-hydrogen) atoms. The lowest BCUT2D eigenvalue weighted by Crippen LogP contribution is -2.38. The number of likely N-dealkylation sites (tertiary alicyclic amines) is 1. The van der Waals surface area contributed by atoms with Crippen molar-refractivity contribution in [2.75, 3.05) is 13.1 Å². The smallest absolute Gasteiger partial charge is 0.253 e. The molecule has 7 heteroatoms. The minimum absolute atomic E-state index is 0.0685. The molecular weight excluding hydrogens is 342 g/mol. The third-order valence-corrected chi connectivity index (χ3v) is 5.02. The van der Waals surface area contributed by atoms with Gasteiger partial charge in [-0.15, -0.1) is 0 Å². The topological polar surface area (TPSA) is 77.0 Å². The van der Waals surface area contributed by atoms with E-state index < -0.39 is 0 Å². The van der Waals surface area contributed by atoms with Crippen LogP contribution in [0.5, 0.6) is 0 Å². The maximum atomic E-state index is 12.8. The first-order valence-corrected chi connectivity index (χ1v) is 9.33. The Morgan fingerprint density at radius 3 is 2.52 bits per heavy atom. The Morgan fingerprint density at radius 1 is 1.19 bits per heavy atom. The number of hydrogen-bond acceptors (Lipinski definition) is 5. The van der Waals surface area contributed by atoms with E-state index in [-0.39, 0.29) is 17.7 Å². The average Bonchev–Trinajstić information content (AvgIpc) is 3.40. The maximum absolute atomic E-state index is 12.8. The first-order chi connectivity index (χ1) is 13.1. The summed E-state index contributed by atoms with van der Waals surface area (Å²) >= 11 is 0. The Morgan fingerprint density at radius 2 is 1.93 bits per heavy atom. The summed E-state index contributed by atoms with van der Waals surface area (Å²) in [6.45, 7) is 5.50. The van der Waals surface area contributed by atoms with Crippen LogP contribution in [0.2, 0.25) is 0 Å². The van der Waals surface area contributed by atoms with Crippen LogP contribution in [-0.2, 0) is 0 Å². The van der Waals surface area contributed by atoms with Gasteiger partial charge in [0, 0.05) is 48.6 Å². The summed E-state index contributed by atoms with van der Waals surface area (Å²) < 4.78 is 7.33. The normalized spacial score (nSPS) is 15.4. The Balaban J connectivity index is 1.38. The van der Waals surface area contributed by atoms with E-state index in [1.807, 2.05) is 53.8 Å². The summed E-state index contributed by atoms with van der Waals surface area (Å²) in [7, 11) is 0. The second-order valence-electron chi connectivity index (χ2n) is 7.23. The highest BCUT2D eigenvalue weighted by molar-refractivity contribution is 5.94. The summed E-state index contributed by atoms with van der Waals surface area (Å²) in [6.07, 6.45) is 7.04. The summed E-state index contributed by atoms with van der Waals surface area (Å²) in [4.78, 5) is 23.2. The summed E-state index contributed by atoms with van der Waals surface area (Å²) in [5, 5.41) is 4.05.